The van der Waals surface area contributed by atoms with Gasteiger partial charge in [-0.15, -0.1) is 0 Å². The van der Waals surface area contributed by atoms with Gasteiger partial charge in [-0.05, 0) is 60.4 Å². The summed E-state index contributed by atoms with van der Waals surface area (Å²) in [5.41, 5.74) is 1.29. The molecule has 2 aliphatic rings. The van der Waals surface area contributed by atoms with E-state index in [0.29, 0.717) is 12.8 Å². The molecule has 186 valence electrons. The maximum absolute atomic E-state index is 13.5. The molecular formula is C29H31N3O4. The van der Waals surface area contributed by atoms with Crippen molar-refractivity contribution in [3.63, 3.8) is 0 Å². The molecule has 7 nitrogen and oxygen atoms in total. The average Bonchev–Trinajstić information content (AvgIpc) is 3.07. The summed E-state index contributed by atoms with van der Waals surface area (Å²) >= 11 is 0. The Kier molecular flexibility index (Phi) is 6.65. The van der Waals surface area contributed by atoms with Crippen molar-refractivity contribution in [1.82, 2.24) is 14.7 Å². The highest BCUT2D eigenvalue weighted by atomic mass is 16.5. The zero-order chi connectivity index (χ0) is 25.1. The molecule has 0 N–H and O–H groups in total. The maximum atomic E-state index is 13.5. The minimum Gasteiger partial charge on any atom is -0.497 e. The van der Waals surface area contributed by atoms with E-state index in [1.165, 1.54) is 4.90 Å². The van der Waals surface area contributed by atoms with Crippen LogP contribution in [0.15, 0.2) is 78.9 Å². The number of urea groups is 1. The summed E-state index contributed by atoms with van der Waals surface area (Å²) in [5.74, 6) is 2.26. The van der Waals surface area contributed by atoms with E-state index < -0.39 is 5.54 Å². The number of hydrogen-bond donors (Lipinski definition) is 0. The van der Waals surface area contributed by atoms with Crippen LogP contribution in [0, 0.1) is 0 Å². The van der Waals surface area contributed by atoms with E-state index in [1.54, 1.807) is 19.1 Å². The molecule has 0 radical (unpaired) electrons. The molecule has 0 saturated carbocycles. The summed E-state index contributed by atoms with van der Waals surface area (Å²) in [5, 5.41) is 0. The fourth-order valence-corrected chi connectivity index (χ4v) is 5.12. The van der Waals surface area contributed by atoms with Gasteiger partial charge in [0.15, 0.2) is 0 Å². The van der Waals surface area contributed by atoms with Crippen molar-refractivity contribution in [2.45, 2.75) is 31.5 Å². The van der Waals surface area contributed by atoms with Crippen molar-refractivity contribution < 1.29 is 19.1 Å². The zero-order valence-corrected chi connectivity index (χ0v) is 20.7. The molecule has 36 heavy (non-hydrogen) atoms. The SMILES string of the molecule is COc1ccc(CN2C(=O)N(C)C3(CCN(Cc4cccc(Oc5ccccc5)c4)CC3)C2=O)cc1. The molecule has 5 rings (SSSR count). The Balaban J connectivity index is 1.22. The highest BCUT2D eigenvalue weighted by Crippen LogP contribution is 2.37. The van der Waals surface area contributed by atoms with Crippen LogP contribution in [0.2, 0.25) is 0 Å². The Morgan fingerprint density at radius 1 is 0.778 bits per heavy atom. The van der Waals surface area contributed by atoms with E-state index in [-0.39, 0.29) is 18.5 Å². The van der Waals surface area contributed by atoms with Crippen LogP contribution in [0.1, 0.15) is 24.0 Å². The van der Waals surface area contributed by atoms with E-state index in [2.05, 4.69) is 17.0 Å². The average molecular weight is 486 g/mol. The fraction of sp³-hybridized carbons (Fsp3) is 0.310. The van der Waals surface area contributed by atoms with E-state index in [1.807, 2.05) is 66.7 Å². The lowest BCUT2D eigenvalue weighted by Crippen LogP contribution is -2.55. The number of ether oxygens (including phenoxy) is 2. The zero-order valence-electron chi connectivity index (χ0n) is 20.7. The minimum atomic E-state index is -0.766. The van der Waals surface area contributed by atoms with E-state index in [4.69, 9.17) is 9.47 Å². The van der Waals surface area contributed by atoms with E-state index >= 15 is 0 Å². The van der Waals surface area contributed by atoms with Gasteiger partial charge in [0.2, 0.25) is 0 Å². The van der Waals surface area contributed by atoms with E-state index in [9.17, 15) is 9.59 Å². The molecule has 7 heteroatoms. The Labute approximate surface area is 211 Å². The van der Waals surface area contributed by atoms with Gasteiger partial charge in [0.1, 0.15) is 22.8 Å². The maximum Gasteiger partial charge on any atom is 0.327 e. The Bertz CT molecular complexity index is 1220. The molecule has 3 aromatic rings. The van der Waals surface area contributed by atoms with Crippen molar-refractivity contribution in [3.8, 4) is 17.2 Å². The van der Waals surface area contributed by atoms with Crippen LogP contribution in [0.5, 0.6) is 17.2 Å². The first-order valence-electron chi connectivity index (χ1n) is 12.3. The van der Waals surface area contributed by atoms with Gasteiger partial charge < -0.3 is 14.4 Å². The van der Waals surface area contributed by atoms with Gasteiger partial charge >= 0.3 is 6.03 Å². The van der Waals surface area contributed by atoms with Crippen LogP contribution in [-0.2, 0) is 17.9 Å². The normalized spacial score (nSPS) is 17.6. The van der Waals surface area contributed by atoms with Gasteiger partial charge in [0, 0.05) is 26.7 Å². The largest absolute Gasteiger partial charge is 0.497 e. The second-order valence-electron chi connectivity index (χ2n) is 9.45. The van der Waals surface area contributed by atoms with E-state index in [0.717, 1.165) is 48.0 Å². The Morgan fingerprint density at radius 3 is 2.17 bits per heavy atom. The summed E-state index contributed by atoms with van der Waals surface area (Å²) in [7, 11) is 3.37. The lowest BCUT2D eigenvalue weighted by atomic mass is 9.86. The van der Waals surface area contributed by atoms with Gasteiger partial charge in [0.25, 0.3) is 5.91 Å². The number of carbonyl (C=O) groups is 2. The predicted molar refractivity (Wildman–Crippen MR) is 137 cm³/mol. The quantitative estimate of drug-likeness (QED) is 0.445. The number of benzene rings is 3. The summed E-state index contributed by atoms with van der Waals surface area (Å²) in [6.07, 6.45) is 1.24. The van der Waals surface area contributed by atoms with Crippen molar-refractivity contribution in [1.29, 1.82) is 0 Å². The Morgan fingerprint density at radius 2 is 1.47 bits per heavy atom. The molecule has 2 heterocycles. The Hall–Kier alpha value is -3.84. The number of hydrogen-bond acceptors (Lipinski definition) is 5. The number of imide groups is 1. The molecule has 0 unspecified atom stereocenters. The van der Waals surface area contributed by atoms with Crippen molar-refractivity contribution in [2.75, 3.05) is 27.2 Å². The molecular weight excluding hydrogens is 454 g/mol. The van der Waals surface area contributed by atoms with Crippen LogP contribution in [0.3, 0.4) is 0 Å². The molecule has 0 atom stereocenters. The third kappa shape index (κ3) is 4.66. The molecule has 3 amide bonds. The van der Waals surface area contributed by atoms with Gasteiger partial charge in [-0.3, -0.25) is 14.6 Å². The predicted octanol–water partition coefficient (Wildman–Crippen LogP) is 4.92. The van der Waals surface area contributed by atoms with Crippen LogP contribution < -0.4 is 9.47 Å². The standard InChI is InChI=1S/C29H31N3O4/c1-30-28(34)32(21-22-11-13-24(35-2)14-12-22)27(33)29(30)15-17-31(18-16-29)20-23-7-6-10-26(19-23)36-25-8-4-3-5-9-25/h3-14,19H,15-18,20-21H2,1-2H3. The van der Waals surface area contributed by atoms with Crippen molar-refractivity contribution in [2.24, 2.45) is 0 Å². The first kappa shape index (κ1) is 23.9. The first-order chi connectivity index (χ1) is 17.5. The number of para-hydroxylation sites is 1. The number of likely N-dealkylation sites (tertiary alicyclic amines) is 1. The summed E-state index contributed by atoms with van der Waals surface area (Å²) in [4.78, 5) is 32.0. The molecule has 2 aliphatic heterocycles. The molecule has 0 aromatic heterocycles. The first-order valence-corrected chi connectivity index (χ1v) is 12.3. The number of likely N-dealkylation sites (N-methyl/N-ethyl adjacent to an activating group) is 1. The molecule has 1 spiro atoms. The second kappa shape index (κ2) is 10.0. The van der Waals surface area contributed by atoms with Gasteiger partial charge in [0.05, 0.1) is 13.7 Å². The molecule has 3 aromatic carbocycles. The van der Waals surface area contributed by atoms with Crippen molar-refractivity contribution in [3.05, 3.63) is 90.0 Å². The second-order valence-corrected chi connectivity index (χ2v) is 9.45. The van der Waals surface area contributed by atoms with Gasteiger partial charge in [-0.2, -0.15) is 0 Å². The third-order valence-corrected chi connectivity index (χ3v) is 7.27. The van der Waals surface area contributed by atoms with Crippen molar-refractivity contribution >= 4 is 11.9 Å². The minimum absolute atomic E-state index is 0.0938. The smallest absolute Gasteiger partial charge is 0.327 e. The lowest BCUT2D eigenvalue weighted by Gasteiger charge is -2.40. The molecule has 2 saturated heterocycles. The number of amides is 3. The number of rotatable bonds is 7. The van der Waals surface area contributed by atoms with Crippen LogP contribution in [0.25, 0.3) is 0 Å². The number of carbonyl (C=O) groups excluding carboxylic acids is 2. The highest BCUT2D eigenvalue weighted by Gasteiger charge is 2.56. The number of piperidine rings is 1. The summed E-state index contributed by atoms with van der Waals surface area (Å²) < 4.78 is 11.2. The fourth-order valence-electron chi connectivity index (χ4n) is 5.12. The highest BCUT2D eigenvalue weighted by molar-refractivity contribution is 6.06. The van der Waals surface area contributed by atoms with Crippen LogP contribution in [0.4, 0.5) is 4.79 Å². The summed E-state index contributed by atoms with van der Waals surface area (Å²) in [6.45, 7) is 2.52. The van der Waals surface area contributed by atoms with Crippen LogP contribution in [-0.4, -0.2) is 59.4 Å². The summed E-state index contributed by atoms with van der Waals surface area (Å²) in [6, 6.07) is 25.1. The molecule has 0 bridgehead atoms. The van der Waals surface area contributed by atoms with Gasteiger partial charge in [-0.25, -0.2) is 4.79 Å². The number of methoxy groups -OCH3 is 1. The molecule has 0 aliphatic carbocycles. The third-order valence-electron chi connectivity index (χ3n) is 7.27. The lowest BCUT2D eigenvalue weighted by molar-refractivity contribution is -0.135. The topological polar surface area (TPSA) is 62.3 Å². The van der Waals surface area contributed by atoms with Gasteiger partial charge in [-0.1, -0.05) is 42.5 Å². The van der Waals surface area contributed by atoms with Crippen LogP contribution >= 0.6 is 0 Å². The monoisotopic (exact) mass is 485 g/mol. The molecule has 2 fully saturated rings. The number of nitrogens with zero attached hydrogens (tertiary/aromatic N) is 3.